The van der Waals surface area contributed by atoms with Gasteiger partial charge in [0.15, 0.2) is 0 Å². The number of nitrogens with zero attached hydrogens (tertiary/aromatic N) is 5. The fraction of sp³-hybridized carbons (Fsp3) is 0.438. The Morgan fingerprint density at radius 2 is 2.04 bits per heavy atom. The van der Waals surface area contributed by atoms with Crippen molar-refractivity contribution in [1.29, 1.82) is 0 Å². The fourth-order valence-electron chi connectivity index (χ4n) is 2.76. The standard InChI is InChI=1S/C16H19N5O3/c22-14(20-10-8-13(11-20)16(23)24)7-4-9-21-18-15(17-19-21)12-5-2-1-3-6-12/h1-3,5-6,13H,4,7-11H2,(H,23,24). The Kier molecular flexibility index (Phi) is 4.83. The van der Waals surface area contributed by atoms with Gasteiger partial charge in [0, 0.05) is 25.1 Å². The average molecular weight is 329 g/mol. The van der Waals surface area contributed by atoms with Crippen LogP contribution in [-0.2, 0) is 16.1 Å². The lowest BCUT2D eigenvalue weighted by Crippen LogP contribution is -2.29. The minimum atomic E-state index is -0.828. The molecule has 1 aliphatic rings. The molecule has 8 nitrogen and oxygen atoms in total. The molecular formula is C16H19N5O3. The summed E-state index contributed by atoms with van der Waals surface area (Å²) in [5, 5.41) is 21.3. The number of carbonyl (C=O) groups excluding carboxylic acids is 1. The van der Waals surface area contributed by atoms with Crippen LogP contribution >= 0.6 is 0 Å². The molecule has 2 aromatic rings. The van der Waals surface area contributed by atoms with Crippen molar-refractivity contribution in [3.8, 4) is 11.4 Å². The lowest BCUT2D eigenvalue weighted by atomic mass is 10.1. The molecule has 0 bridgehead atoms. The molecule has 1 aromatic heterocycles. The van der Waals surface area contributed by atoms with Crippen molar-refractivity contribution in [3.63, 3.8) is 0 Å². The van der Waals surface area contributed by atoms with Crippen LogP contribution in [0.5, 0.6) is 0 Å². The van der Waals surface area contributed by atoms with Gasteiger partial charge in [-0.3, -0.25) is 9.59 Å². The van der Waals surface area contributed by atoms with Crippen LogP contribution in [0.1, 0.15) is 19.3 Å². The number of carboxylic acid groups (broad SMARTS) is 1. The number of aromatic nitrogens is 4. The van der Waals surface area contributed by atoms with Crippen molar-refractivity contribution in [2.75, 3.05) is 13.1 Å². The first-order chi connectivity index (χ1) is 11.6. The number of tetrazole rings is 1. The van der Waals surface area contributed by atoms with Crippen molar-refractivity contribution in [1.82, 2.24) is 25.1 Å². The van der Waals surface area contributed by atoms with Gasteiger partial charge in [-0.15, -0.1) is 10.2 Å². The molecule has 0 aliphatic carbocycles. The van der Waals surface area contributed by atoms with Gasteiger partial charge in [0.2, 0.25) is 11.7 Å². The van der Waals surface area contributed by atoms with E-state index < -0.39 is 11.9 Å². The Labute approximate surface area is 139 Å². The number of hydrogen-bond acceptors (Lipinski definition) is 5. The average Bonchev–Trinajstić information content (AvgIpc) is 3.25. The smallest absolute Gasteiger partial charge is 0.308 e. The van der Waals surface area contributed by atoms with Crippen LogP contribution in [0.25, 0.3) is 11.4 Å². The van der Waals surface area contributed by atoms with Crippen molar-refractivity contribution in [2.45, 2.75) is 25.8 Å². The van der Waals surface area contributed by atoms with Crippen molar-refractivity contribution >= 4 is 11.9 Å². The molecule has 1 fully saturated rings. The van der Waals surface area contributed by atoms with E-state index in [1.54, 1.807) is 4.90 Å². The SMILES string of the molecule is O=C(O)C1CCN(C(=O)CCCn2nnc(-c3ccccc3)n2)C1. The Morgan fingerprint density at radius 3 is 2.75 bits per heavy atom. The summed E-state index contributed by atoms with van der Waals surface area (Å²) >= 11 is 0. The number of carboxylic acids is 1. The van der Waals surface area contributed by atoms with E-state index in [0.717, 1.165) is 5.56 Å². The minimum Gasteiger partial charge on any atom is -0.481 e. The molecule has 2 heterocycles. The quantitative estimate of drug-likeness (QED) is 0.850. The molecule has 1 aliphatic heterocycles. The number of benzene rings is 1. The molecule has 8 heteroatoms. The number of amides is 1. The third-order valence-corrected chi connectivity index (χ3v) is 4.12. The maximum absolute atomic E-state index is 12.1. The van der Waals surface area contributed by atoms with Gasteiger partial charge in [-0.05, 0) is 18.1 Å². The molecule has 1 N–H and O–H groups in total. The van der Waals surface area contributed by atoms with Gasteiger partial charge in [0.05, 0.1) is 12.5 Å². The van der Waals surface area contributed by atoms with E-state index in [4.69, 9.17) is 5.11 Å². The van der Waals surface area contributed by atoms with Gasteiger partial charge in [-0.25, -0.2) is 0 Å². The summed E-state index contributed by atoms with van der Waals surface area (Å²) in [4.78, 5) is 26.1. The summed E-state index contributed by atoms with van der Waals surface area (Å²) in [6, 6.07) is 9.57. The summed E-state index contributed by atoms with van der Waals surface area (Å²) in [7, 11) is 0. The van der Waals surface area contributed by atoms with Gasteiger partial charge in [-0.1, -0.05) is 30.3 Å². The van der Waals surface area contributed by atoms with Crippen LogP contribution in [0.2, 0.25) is 0 Å². The van der Waals surface area contributed by atoms with Gasteiger partial charge in [0.1, 0.15) is 0 Å². The predicted octanol–water partition coefficient (Wildman–Crippen LogP) is 1.05. The molecule has 0 saturated carbocycles. The van der Waals surface area contributed by atoms with Crippen LogP contribution < -0.4 is 0 Å². The maximum Gasteiger partial charge on any atom is 0.308 e. The Hall–Kier alpha value is -2.77. The van der Waals surface area contributed by atoms with E-state index in [9.17, 15) is 9.59 Å². The summed E-state index contributed by atoms with van der Waals surface area (Å²) in [5.74, 6) is -0.710. The monoisotopic (exact) mass is 329 g/mol. The van der Waals surface area contributed by atoms with Crippen LogP contribution in [0.15, 0.2) is 30.3 Å². The summed E-state index contributed by atoms with van der Waals surface area (Å²) in [6.07, 6.45) is 1.48. The van der Waals surface area contributed by atoms with Gasteiger partial charge < -0.3 is 10.0 Å². The van der Waals surface area contributed by atoms with E-state index in [-0.39, 0.29) is 5.91 Å². The van der Waals surface area contributed by atoms with Gasteiger partial charge in [0.25, 0.3) is 0 Å². The van der Waals surface area contributed by atoms with E-state index >= 15 is 0 Å². The summed E-state index contributed by atoms with van der Waals surface area (Å²) in [6.45, 7) is 1.34. The molecule has 1 aromatic carbocycles. The number of likely N-dealkylation sites (tertiary alicyclic amines) is 1. The Morgan fingerprint density at radius 1 is 1.25 bits per heavy atom. The molecule has 1 unspecified atom stereocenters. The van der Waals surface area contributed by atoms with Gasteiger partial charge >= 0.3 is 5.97 Å². The van der Waals surface area contributed by atoms with E-state index in [2.05, 4.69) is 15.4 Å². The molecule has 3 rings (SSSR count). The number of carbonyl (C=O) groups is 2. The molecule has 24 heavy (non-hydrogen) atoms. The first-order valence-corrected chi connectivity index (χ1v) is 7.97. The Balaban J connectivity index is 1.46. The normalized spacial score (nSPS) is 17.2. The van der Waals surface area contributed by atoms with E-state index in [0.29, 0.717) is 44.7 Å². The third-order valence-electron chi connectivity index (χ3n) is 4.12. The zero-order chi connectivity index (χ0) is 16.9. The summed E-state index contributed by atoms with van der Waals surface area (Å²) < 4.78 is 0. The first-order valence-electron chi connectivity index (χ1n) is 7.97. The second-order valence-corrected chi connectivity index (χ2v) is 5.84. The molecular weight excluding hydrogens is 310 g/mol. The van der Waals surface area contributed by atoms with Crippen molar-refractivity contribution in [2.24, 2.45) is 5.92 Å². The zero-order valence-electron chi connectivity index (χ0n) is 13.2. The zero-order valence-corrected chi connectivity index (χ0v) is 13.2. The Bertz CT molecular complexity index is 716. The molecule has 1 amide bonds. The number of rotatable bonds is 6. The van der Waals surface area contributed by atoms with Crippen LogP contribution in [-0.4, -0.2) is 55.2 Å². The molecule has 1 saturated heterocycles. The van der Waals surface area contributed by atoms with Crippen LogP contribution in [0, 0.1) is 5.92 Å². The predicted molar refractivity (Wildman–Crippen MR) is 84.8 cm³/mol. The number of aryl methyl sites for hydroxylation is 1. The second kappa shape index (κ2) is 7.20. The third kappa shape index (κ3) is 3.76. The van der Waals surface area contributed by atoms with E-state index in [1.165, 1.54) is 4.80 Å². The molecule has 0 radical (unpaired) electrons. The molecule has 126 valence electrons. The first kappa shape index (κ1) is 16.1. The highest BCUT2D eigenvalue weighted by molar-refractivity contribution is 5.78. The van der Waals surface area contributed by atoms with Gasteiger partial charge in [-0.2, -0.15) is 4.80 Å². The largest absolute Gasteiger partial charge is 0.481 e. The fourth-order valence-corrected chi connectivity index (χ4v) is 2.76. The number of hydrogen-bond donors (Lipinski definition) is 1. The lowest BCUT2D eigenvalue weighted by Gasteiger charge is -2.15. The van der Waals surface area contributed by atoms with Crippen LogP contribution in [0.3, 0.4) is 0 Å². The van der Waals surface area contributed by atoms with Crippen molar-refractivity contribution < 1.29 is 14.7 Å². The summed E-state index contributed by atoms with van der Waals surface area (Å²) in [5.41, 5.74) is 0.900. The molecule has 1 atom stereocenters. The minimum absolute atomic E-state index is 0.0119. The van der Waals surface area contributed by atoms with Crippen molar-refractivity contribution in [3.05, 3.63) is 30.3 Å². The highest BCUT2D eigenvalue weighted by Gasteiger charge is 2.30. The maximum atomic E-state index is 12.1. The van der Waals surface area contributed by atoms with Crippen LogP contribution in [0.4, 0.5) is 0 Å². The highest BCUT2D eigenvalue weighted by atomic mass is 16.4. The molecule has 0 spiro atoms. The number of aliphatic carboxylic acids is 1. The second-order valence-electron chi connectivity index (χ2n) is 5.84. The van der Waals surface area contributed by atoms with E-state index in [1.807, 2.05) is 30.3 Å². The lowest BCUT2D eigenvalue weighted by molar-refractivity contribution is -0.141. The topological polar surface area (TPSA) is 101 Å². The highest BCUT2D eigenvalue weighted by Crippen LogP contribution is 2.17.